The van der Waals surface area contributed by atoms with Crippen molar-refractivity contribution in [3.8, 4) is 22.0 Å². The zero-order chi connectivity index (χ0) is 23.2. The third-order valence-corrected chi connectivity index (χ3v) is 6.66. The van der Waals surface area contributed by atoms with Crippen molar-refractivity contribution >= 4 is 29.0 Å². The van der Waals surface area contributed by atoms with Crippen LogP contribution in [-0.4, -0.2) is 54.2 Å². The number of thiazole rings is 1. The number of likely N-dealkylation sites (N-methyl/N-ethyl adjacent to an activating group) is 1. The van der Waals surface area contributed by atoms with Crippen molar-refractivity contribution in [2.75, 3.05) is 18.9 Å². The van der Waals surface area contributed by atoms with Gasteiger partial charge in [0.2, 0.25) is 5.95 Å². The highest BCUT2D eigenvalue weighted by atomic mass is 32.1. The Balaban J connectivity index is 1.44. The second-order valence-corrected chi connectivity index (χ2v) is 9.04. The number of nitrogens with one attached hydrogen (secondary N) is 1. The number of aliphatic hydroxyl groups is 1. The van der Waals surface area contributed by atoms with Crippen LogP contribution >= 0.6 is 11.3 Å². The Labute approximate surface area is 194 Å². The third-order valence-electron chi connectivity index (χ3n) is 5.77. The quantitative estimate of drug-likeness (QED) is 0.470. The Morgan fingerprint density at radius 3 is 2.79 bits per heavy atom. The molecule has 0 saturated carbocycles. The smallest absolute Gasteiger partial charge is 0.258 e. The molecule has 2 N–H and O–H groups in total. The highest BCUT2D eigenvalue weighted by Crippen LogP contribution is 2.36. The summed E-state index contributed by atoms with van der Waals surface area (Å²) in [5.74, 6) is 0.828. The molecule has 4 heterocycles. The summed E-state index contributed by atoms with van der Waals surface area (Å²) >= 11 is 1.49. The molecule has 168 valence electrons. The molecule has 1 aliphatic heterocycles. The zero-order valence-electron chi connectivity index (χ0n) is 18.5. The summed E-state index contributed by atoms with van der Waals surface area (Å²) in [6.07, 6.45) is 3.97. The maximum absolute atomic E-state index is 12.5. The van der Waals surface area contributed by atoms with E-state index in [1.54, 1.807) is 28.9 Å². The topological polar surface area (TPSA) is 109 Å². The molecule has 1 unspecified atom stereocenters. The number of hydrogen-bond donors (Lipinski definition) is 2. The van der Waals surface area contributed by atoms with Crippen LogP contribution in [0.2, 0.25) is 0 Å². The number of carbonyl (C=O) groups is 1. The predicted octanol–water partition coefficient (Wildman–Crippen LogP) is 3.10. The second kappa shape index (κ2) is 8.05. The number of hydrogen-bond acceptors (Lipinski definition) is 8. The van der Waals surface area contributed by atoms with Crippen molar-refractivity contribution in [1.82, 2.24) is 29.6 Å². The predicted molar refractivity (Wildman–Crippen MR) is 126 cm³/mol. The lowest BCUT2D eigenvalue weighted by molar-refractivity contribution is -0.143. The summed E-state index contributed by atoms with van der Waals surface area (Å²) in [6, 6.07) is 9.26. The molecular weight excluding hydrogens is 438 g/mol. The van der Waals surface area contributed by atoms with Crippen LogP contribution in [-0.2, 0) is 17.4 Å². The summed E-state index contributed by atoms with van der Waals surface area (Å²) in [6.45, 7) is 2.47. The lowest BCUT2D eigenvalue weighted by Gasteiger charge is -2.21. The van der Waals surface area contributed by atoms with Crippen molar-refractivity contribution in [1.29, 1.82) is 0 Å². The van der Waals surface area contributed by atoms with Gasteiger partial charge in [-0.05, 0) is 24.1 Å². The van der Waals surface area contributed by atoms with Gasteiger partial charge in [0, 0.05) is 56.5 Å². The van der Waals surface area contributed by atoms with E-state index in [4.69, 9.17) is 4.98 Å². The van der Waals surface area contributed by atoms with Gasteiger partial charge in [-0.2, -0.15) is 5.10 Å². The van der Waals surface area contributed by atoms with Gasteiger partial charge < -0.3 is 15.3 Å². The third kappa shape index (κ3) is 3.87. The molecule has 1 fully saturated rings. The van der Waals surface area contributed by atoms with Crippen molar-refractivity contribution in [2.45, 2.75) is 18.9 Å². The van der Waals surface area contributed by atoms with Crippen molar-refractivity contribution in [3.05, 3.63) is 59.2 Å². The average Bonchev–Trinajstić information content (AvgIpc) is 3.53. The van der Waals surface area contributed by atoms with E-state index >= 15 is 0 Å². The van der Waals surface area contributed by atoms with Crippen LogP contribution in [0.3, 0.4) is 0 Å². The Bertz CT molecular complexity index is 1350. The minimum Gasteiger partial charge on any atom is -0.375 e. The molecule has 0 radical (unpaired) electrons. The number of amides is 1. The van der Waals surface area contributed by atoms with E-state index in [0.717, 1.165) is 27.5 Å². The van der Waals surface area contributed by atoms with Gasteiger partial charge in [0.1, 0.15) is 10.7 Å². The molecule has 1 amide bonds. The fraction of sp³-hybridized carbons (Fsp3) is 0.261. The first-order chi connectivity index (χ1) is 15.8. The van der Waals surface area contributed by atoms with Crippen molar-refractivity contribution in [2.24, 2.45) is 7.05 Å². The minimum atomic E-state index is -1.49. The summed E-state index contributed by atoms with van der Waals surface area (Å²) in [5, 5.41) is 21.1. The van der Waals surface area contributed by atoms with Crippen LogP contribution in [0.4, 0.5) is 11.8 Å². The van der Waals surface area contributed by atoms with Crippen LogP contribution in [0.15, 0.2) is 48.1 Å². The van der Waals surface area contributed by atoms with Gasteiger partial charge in [0.15, 0.2) is 11.4 Å². The zero-order valence-corrected chi connectivity index (χ0v) is 19.3. The number of likely N-dealkylation sites (tertiary alicyclic amines) is 1. The number of anilines is 2. The van der Waals surface area contributed by atoms with Gasteiger partial charge in [-0.1, -0.05) is 18.2 Å². The molecule has 0 bridgehead atoms. The first-order valence-corrected chi connectivity index (χ1v) is 11.4. The first-order valence-electron chi connectivity index (χ1n) is 10.5. The van der Waals surface area contributed by atoms with E-state index in [2.05, 4.69) is 20.4 Å². The standard InChI is InChI=1S/C23H23N7O2S/c1-14-12-24-22(26-18-7-9-30(3)28-18)27-19(14)17-13-33-20(25-17)15-5-4-6-16(11-15)23(32)8-10-29(2)21(23)31/h4-7,9,11-13,32H,8,10H2,1-3H3,(H,24,26,27,28). The van der Waals surface area contributed by atoms with E-state index in [1.807, 2.05) is 49.8 Å². The molecule has 9 nitrogen and oxygen atoms in total. The van der Waals surface area contributed by atoms with Crippen LogP contribution in [0, 0.1) is 6.92 Å². The van der Waals surface area contributed by atoms with E-state index in [-0.39, 0.29) is 5.91 Å². The van der Waals surface area contributed by atoms with Gasteiger partial charge in [-0.15, -0.1) is 11.3 Å². The lowest BCUT2D eigenvalue weighted by Crippen LogP contribution is -2.36. The fourth-order valence-corrected chi connectivity index (χ4v) is 4.71. The molecule has 33 heavy (non-hydrogen) atoms. The SMILES string of the molecule is Cc1cnc(Nc2ccn(C)n2)nc1-c1csc(-c2cccc(C3(O)CCN(C)C3=O)c2)n1. The fourth-order valence-electron chi connectivity index (χ4n) is 3.90. The summed E-state index contributed by atoms with van der Waals surface area (Å²) in [5.41, 5.74) is 2.32. The normalized spacial score (nSPS) is 18.2. The Morgan fingerprint density at radius 1 is 1.21 bits per heavy atom. The van der Waals surface area contributed by atoms with E-state index < -0.39 is 5.60 Å². The minimum absolute atomic E-state index is 0.274. The van der Waals surface area contributed by atoms with Crippen LogP contribution in [0.1, 0.15) is 17.5 Å². The highest BCUT2D eigenvalue weighted by molar-refractivity contribution is 7.13. The number of nitrogens with zero attached hydrogens (tertiary/aromatic N) is 6. The highest BCUT2D eigenvalue weighted by Gasteiger charge is 2.45. The molecule has 1 saturated heterocycles. The van der Waals surface area contributed by atoms with E-state index in [9.17, 15) is 9.90 Å². The molecule has 1 atom stereocenters. The summed E-state index contributed by atoms with van der Waals surface area (Å²) in [7, 11) is 3.55. The molecular formula is C23H23N7O2S. The summed E-state index contributed by atoms with van der Waals surface area (Å²) in [4.78, 5) is 27.9. The molecule has 1 aromatic carbocycles. The number of aromatic nitrogens is 5. The number of carbonyl (C=O) groups excluding carboxylic acids is 1. The maximum atomic E-state index is 12.5. The average molecular weight is 462 g/mol. The van der Waals surface area contributed by atoms with Crippen LogP contribution in [0.25, 0.3) is 22.0 Å². The van der Waals surface area contributed by atoms with Crippen molar-refractivity contribution in [3.63, 3.8) is 0 Å². The van der Waals surface area contributed by atoms with Crippen LogP contribution < -0.4 is 5.32 Å². The van der Waals surface area contributed by atoms with Crippen molar-refractivity contribution < 1.29 is 9.90 Å². The van der Waals surface area contributed by atoms with Crippen LogP contribution in [0.5, 0.6) is 0 Å². The molecule has 10 heteroatoms. The monoisotopic (exact) mass is 461 g/mol. The molecule has 0 spiro atoms. The Hall–Kier alpha value is -3.63. The number of rotatable bonds is 5. The molecule has 4 aromatic rings. The van der Waals surface area contributed by atoms with Gasteiger partial charge in [-0.3, -0.25) is 9.48 Å². The lowest BCUT2D eigenvalue weighted by atomic mass is 9.91. The van der Waals surface area contributed by atoms with E-state index in [1.165, 1.54) is 11.3 Å². The van der Waals surface area contributed by atoms with Gasteiger partial charge in [0.25, 0.3) is 5.91 Å². The Kier molecular flexibility index (Phi) is 5.18. The van der Waals surface area contributed by atoms with Gasteiger partial charge >= 0.3 is 0 Å². The molecule has 5 rings (SSSR count). The largest absolute Gasteiger partial charge is 0.375 e. The maximum Gasteiger partial charge on any atom is 0.258 e. The number of benzene rings is 1. The molecule has 1 aliphatic rings. The molecule has 3 aromatic heterocycles. The Morgan fingerprint density at radius 2 is 2.06 bits per heavy atom. The number of aryl methyl sites for hydroxylation is 2. The summed E-state index contributed by atoms with van der Waals surface area (Å²) < 4.78 is 1.70. The van der Waals surface area contributed by atoms with Gasteiger partial charge in [-0.25, -0.2) is 15.0 Å². The second-order valence-electron chi connectivity index (χ2n) is 8.18. The van der Waals surface area contributed by atoms with Gasteiger partial charge in [0.05, 0.1) is 5.69 Å². The van der Waals surface area contributed by atoms with E-state index in [0.29, 0.717) is 30.3 Å². The first kappa shape index (κ1) is 21.2. The molecule has 0 aliphatic carbocycles.